The Morgan fingerprint density at radius 2 is 1.79 bits per heavy atom. The van der Waals surface area contributed by atoms with Crippen molar-refractivity contribution in [3.8, 4) is 28.3 Å². The van der Waals surface area contributed by atoms with Gasteiger partial charge in [-0.1, -0.05) is 23.7 Å². The van der Waals surface area contributed by atoms with Gasteiger partial charge in [0.15, 0.2) is 11.5 Å². The van der Waals surface area contributed by atoms with Gasteiger partial charge in [-0.3, -0.25) is 14.3 Å². The predicted octanol–water partition coefficient (Wildman–Crippen LogP) is 4.29. The molecule has 8 heteroatoms. The average Bonchev–Trinajstić information content (AvgIpc) is 3.51. The standard InChI is InChI=1S/C25H25ClN4O3/c1-32-24-15-21(8-9-23(24)33-13-12-28-10-2-3-11-28)29-17-27-30-16-19(14-22(30)25(29)31)18-4-6-20(26)7-5-18/h4-9,14-17H,2-3,10-13H2,1H3. The summed E-state index contributed by atoms with van der Waals surface area (Å²) in [7, 11) is 1.60. The van der Waals surface area contributed by atoms with Crippen LogP contribution < -0.4 is 15.0 Å². The first-order valence-electron chi connectivity index (χ1n) is 11.0. The highest BCUT2D eigenvalue weighted by atomic mass is 35.5. The molecule has 0 atom stereocenters. The fraction of sp³-hybridized carbons (Fsp3) is 0.280. The van der Waals surface area contributed by atoms with Crippen LogP contribution in [0.1, 0.15) is 12.8 Å². The summed E-state index contributed by atoms with van der Waals surface area (Å²) in [5.41, 5.74) is 2.83. The Kier molecular flexibility index (Phi) is 6.07. The van der Waals surface area contributed by atoms with Gasteiger partial charge in [-0.25, -0.2) is 4.52 Å². The number of methoxy groups -OCH3 is 1. The van der Waals surface area contributed by atoms with Crippen molar-refractivity contribution in [2.24, 2.45) is 0 Å². The lowest BCUT2D eigenvalue weighted by molar-refractivity contribution is 0.230. The number of nitrogens with zero attached hydrogens (tertiary/aromatic N) is 4. The van der Waals surface area contributed by atoms with Gasteiger partial charge in [-0.05, 0) is 61.8 Å². The van der Waals surface area contributed by atoms with E-state index in [4.69, 9.17) is 21.1 Å². The molecule has 3 heterocycles. The van der Waals surface area contributed by atoms with E-state index in [0.29, 0.717) is 34.3 Å². The maximum absolute atomic E-state index is 13.2. The molecule has 170 valence electrons. The molecule has 2 aromatic heterocycles. The third kappa shape index (κ3) is 4.47. The van der Waals surface area contributed by atoms with Crippen LogP contribution in [0.2, 0.25) is 5.02 Å². The van der Waals surface area contributed by atoms with Gasteiger partial charge in [0.2, 0.25) is 0 Å². The lowest BCUT2D eigenvalue weighted by atomic mass is 10.1. The molecule has 1 aliphatic heterocycles. The third-order valence-corrected chi connectivity index (χ3v) is 6.25. The van der Waals surface area contributed by atoms with E-state index in [1.54, 1.807) is 17.7 Å². The monoisotopic (exact) mass is 464 g/mol. The van der Waals surface area contributed by atoms with Crippen molar-refractivity contribution >= 4 is 17.1 Å². The highest BCUT2D eigenvalue weighted by Gasteiger charge is 2.14. The van der Waals surface area contributed by atoms with Crippen LogP contribution in [0.3, 0.4) is 0 Å². The van der Waals surface area contributed by atoms with Crippen molar-refractivity contribution in [3.05, 3.63) is 76.4 Å². The zero-order chi connectivity index (χ0) is 22.8. The van der Waals surface area contributed by atoms with Crippen LogP contribution >= 0.6 is 11.6 Å². The molecular weight excluding hydrogens is 440 g/mol. The summed E-state index contributed by atoms with van der Waals surface area (Å²) in [6.45, 7) is 3.77. The number of hydrogen-bond donors (Lipinski definition) is 0. The maximum Gasteiger partial charge on any atom is 0.282 e. The second-order valence-electron chi connectivity index (χ2n) is 8.10. The van der Waals surface area contributed by atoms with Crippen LogP contribution in [-0.2, 0) is 0 Å². The first kappa shape index (κ1) is 21.6. The van der Waals surface area contributed by atoms with E-state index in [1.165, 1.54) is 23.7 Å². The number of fused-ring (bicyclic) bond motifs is 1. The van der Waals surface area contributed by atoms with Gasteiger partial charge in [0.1, 0.15) is 18.5 Å². The van der Waals surface area contributed by atoms with E-state index in [2.05, 4.69) is 10.00 Å². The number of likely N-dealkylation sites (tertiary alicyclic amines) is 1. The van der Waals surface area contributed by atoms with Crippen molar-refractivity contribution in [2.45, 2.75) is 12.8 Å². The molecule has 0 saturated carbocycles. The molecule has 33 heavy (non-hydrogen) atoms. The van der Waals surface area contributed by atoms with Crippen LogP contribution in [0.5, 0.6) is 11.5 Å². The fourth-order valence-corrected chi connectivity index (χ4v) is 4.32. The Bertz CT molecular complexity index is 1320. The molecule has 0 unspecified atom stereocenters. The fourth-order valence-electron chi connectivity index (χ4n) is 4.19. The van der Waals surface area contributed by atoms with Gasteiger partial charge in [0, 0.05) is 29.4 Å². The van der Waals surface area contributed by atoms with Gasteiger partial charge < -0.3 is 9.47 Å². The lowest BCUT2D eigenvalue weighted by Gasteiger charge is -2.17. The van der Waals surface area contributed by atoms with Crippen LogP contribution in [0, 0.1) is 0 Å². The van der Waals surface area contributed by atoms with Crippen molar-refractivity contribution in [1.82, 2.24) is 19.1 Å². The molecule has 0 N–H and O–H groups in total. The Morgan fingerprint density at radius 1 is 1.00 bits per heavy atom. The van der Waals surface area contributed by atoms with Crippen LogP contribution in [-0.4, -0.2) is 52.4 Å². The largest absolute Gasteiger partial charge is 0.493 e. The normalized spacial score (nSPS) is 14.1. The molecule has 0 bridgehead atoms. The van der Waals surface area contributed by atoms with Crippen molar-refractivity contribution in [2.75, 3.05) is 33.4 Å². The first-order chi connectivity index (χ1) is 16.1. The summed E-state index contributed by atoms with van der Waals surface area (Å²) in [6.07, 6.45) is 5.87. The highest BCUT2D eigenvalue weighted by Crippen LogP contribution is 2.29. The van der Waals surface area contributed by atoms with E-state index < -0.39 is 0 Å². The number of rotatable bonds is 7. The van der Waals surface area contributed by atoms with Crippen LogP contribution in [0.25, 0.3) is 22.3 Å². The topological polar surface area (TPSA) is 61.0 Å². The summed E-state index contributed by atoms with van der Waals surface area (Å²) < 4.78 is 14.6. The quantitative estimate of drug-likeness (QED) is 0.408. The molecule has 1 aliphatic rings. The lowest BCUT2D eigenvalue weighted by Crippen LogP contribution is -2.25. The van der Waals surface area contributed by atoms with Gasteiger partial charge in [0.25, 0.3) is 5.56 Å². The van der Waals surface area contributed by atoms with E-state index in [0.717, 1.165) is 30.8 Å². The summed E-state index contributed by atoms with van der Waals surface area (Å²) in [6, 6.07) is 14.8. The van der Waals surface area contributed by atoms with Crippen LogP contribution in [0.15, 0.2) is 65.8 Å². The third-order valence-electron chi connectivity index (χ3n) is 6.00. The van der Waals surface area contributed by atoms with Gasteiger partial charge >= 0.3 is 0 Å². The zero-order valence-corrected chi connectivity index (χ0v) is 19.2. The second kappa shape index (κ2) is 9.29. The van der Waals surface area contributed by atoms with Crippen LogP contribution in [0.4, 0.5) is 0 Å². The van der Waals surface area contributed by atoms with Gasteiger partial charge in [-0.2, -0.15) is 5.10 Å². The Balaban J connectivity index is 1.41. The summed E-state index contributed by atoms with van der Waals surface area (Å²) in [5, 5.41) is 5.10. The minimum absolute atomic E-state index is 0.171. The van der Waals surface area contributed by atoms with Gasteiger partial charge in [-0.15, -0.1) is 0 Å². The summed E-state index contributed by atoms with van der Waals surface area (Å²) >= 11 is 5.99. The average molecular weight is 465 g/mol. The van der Waals surface area contributed by atoms with Crippen molar-refractivity contribution < 1.29 is 9.47 Å². The maximum atomic E-state index is 13.2. The molecule has 1 saturated heterocycles. The Hall–Kier alpha value is -3.29. The minimum atomic E-state index is -0.171. The molecule has 0 radical (unpaired) electrons. The smallest absolute Gasteiger partial charge is 0.282 e. The van der Waals surface area contributed by atoms with Crippen molar-refractivity contribution in [1.29, 1.82) is 0 Å². The van der Waals surface area contributed by atoms with Gasteiger partial charge in [0.05, 0.1) is 12.8 Å². The molecule has 4 aromatic rings. The number of benzene rings is 2. The molecule has 0 spiro atoms. The Labute approximate surface area is 196 Å². The van der Waals surface area contributed by atoms with E-state index in [9.17, 15) is 4.79 Å². The minimum Gasteiger partial charge on any atom is -0.493 e. The first-order valence-corrected chi connectivity index (χ1v) is 11.4. The highest BCUT2D eigenvalue weighted by molar-refractivity contribution is 6.30. The Morgan fingerprint density at radius 3 is 2.55 bits per heavy atom. The SMILES string of the molecule is COc1cc(-n2cnn3cc(-c4ccc(Cl)cc4)cc3c2=O)ccc1OCCN1CCCC1. The second-order valence-corrected chi connectivity index (χ2v) is 8.54. The number of ether oxygens (including phenoxy) is 2. The molecule has 0 amide bonds. The zero-order valence-electron chi connectivity index (χ0n) is 18.4. The molecule has 7 nitrogen and oxygen atoms in total. The number of aromatic nitrogens is 3. The predicted molar refractivity (Wildman–Crippen MR) is 129 cm³/mol. The van der Waals surface area contributed by atoms with Crippen molar-refractivity contribution in [3.63, 3.8) is 0 Å². The molecule has 0 aliphatic carbocycles. The summed E-state index contributed by atoms with van der Waals surface area (Å²) in [4.78, 5) is 15.6. The molecule has 5 rings (SSSR count). The summed E-state index contributed by atoms with van der Waals surface area (Å²) in [5.74, 6) is 1.24. The van der Waals surface area contributed by atoms with E-state index in [-0.39, 0.29) is 5.56 Å². The number of halogens is 1. The number of hydrogen-bond acceptors (Lipinski definition) is 5. The molecule has 1 fully saturated rings. The van der Waals surface area contributed by atoms with E-state index >= 15 is 0 Å². The van der Waals surface area contributed by atoms with E-state index in [1.807, 2.05) is 48.7 Å². The molecule has 2 aromatic carbocycles. The molecular formula is C25H25ClN4O3.